The van der Waals surface area contributed by atoms with Crippen LogP contribution in [0.1, 0.15) is 37.0 Å². The van der Waals surface area contributed by atoms with Crippen LogP contribution in [0.4, 0.5) is 5.69 Å². The van der Waals surface area contributed by atoms with Crippen molar-refractivity contribution < 1.29 is 0 Å². The van der Waals surface area contributed by atoms with Crippen molar-refractivity contribution >= 4 is 35.6 Å². The van der Waals surface area contributed by atoms with Gasteiger partial charge in [0.1, 0.15) is 18.4 Å². The Balaban J connectivity index is 0.00000300. The number of nitrogens with one attached hydrogen (secondary N) is 2. The molecule has 0 saturated carbocycles. The van der Waals surface area contributed by atoms with Crippen LogP contribution in [-0.4, -0.2) is 46.4 Å². The van der Waals surface area contributed by atoms with Gasteiger partial charge in [0, 0.05) is 32.7 Å². The largest absolute Gasteiger partial charge is 0.368 e. The molecular weight excluding hydrogens is 479 g/mol. The van der Waals surface area contributed by atoms with Crippen LogP contribution in [0, 0.1) is 18.3 Å². The highest BCUT2D eigenvalue weighted by Gasteiger charge is 2.22. The van der Waals surface area contributed by atoms with E-state index in [4.69, 9.17) is 0 Å². The minimum absolute atomic E-state index is 0. The summed E-state index contributed by atoms with van der Waals surface area (Å²) in [7, 11) is 1.95. The number of hydrogen-bond acceptors (Lipinski definition) is 5. The summed E-state index contributed by atoms with van der Waals surface area (Å²) >= 11 is 0. The fraction of sp³-hybridized carbons (Fsp3) is 0.500. The van der Waals surface area contributed by atoms with E-state index in [9.17, 15) is 5.26 Å². The second-order valence-electron chi connectivity index (χ2n) is 6.98. The van der Waals surface area contributed by atoms with Gasteiger partial charge in [-0.25, -0.2) is 4.99 Å². The highest BCUT2D eigenvalue weighted by Crippen LogP contribution is 2.23. The molecule has 1 aliphatic rings. The van der Waals surface area contributed by atoms with Crippen LogP contribution in [0.5, 0.6) is 0 Å². The first-order chi connectivity index (χ1) is 13.6. The van der Waals surface area contributed by atoms with Crippen molar-refractivity contribution in [2.45, 2.75) is 39.3 Å². The van der Waals surface area contributed by atoms with Crippen molar-refractivity contribution in [3.05, 3.63) is 41.5 Å². The predicted molar refractivity (Wildman–Crippen MR) is 125 cm³/mol. The molecule has 29 heavy (non-hydrogen) atoms. The van der Waals surface area contributed by atoms with E-state index in [1.807, 2.05) is 42.8 Å². The maximum atomic E-state index is 9.40. The Bertz CT molecular complexity index is 870. The third kappa shape index (κ3) is 5.82. The number of nitrogens with zero attached hydrogens (tertiary/aromatic N) is 6. The van der Waals surface area contributed by atoms with Gasteiger partial charge in [0.15, 0.2) is 11.8 Å². The number of hydrogen-bond donors (Lipinski definition) is 2. The van der Waals surface area contributed by atoms with Gasteiger partial charge in [-0.3, -0.25) is 0 Å². The molecule has 0 aliphatic carbocycles. The zero-order valence-corrected chi connectivity index (χ0v) is 19.6. The van der Waals surface area contributed by atoms with Gasteiger partial charge in [0.05, 0.1) is 11.3 Å². The molecule has 3 rings (SSSR count). The smallest absolute Gasteiger partial charge is 0.191 e. The van der Waals surface area contributed by atoms with Crippen LogP contribution in [0.15, 0.2) is 29.3 Å². The summed E-state index contributed by atoms with van der Waals surface area (Å²) in [6, 6.07) is 10.4. The summed E-state index contributed by atoms with van der Waals surface area (Å²) in [4.78, 5) is 6.97. The second kappa shape index (κ2) is 11.0. The maximum absolute atomic E-state index is 9.40. The molecule has 2 aromatic rings. The molecule has 1 aromatic carbocycles. The average Bonchev–Trinajstić information content (AvgIpc) is 3.04. The van der Waals surface area contributed by atoms with Crippen LogP contribution in [0.2, 0.25) is 0 Å². The van der Waals surface area contributed by atoms with Gasteiger partial charge in [0.2, 0.25) is 0 Å². The number of nitriles is 1. The molecule has 8 nitrogen and oxygen atoms in total. The highest BCUT2D eigenvalue weighted by atomic mass is 127. The first-order valence-electron chi connectivity index (χ1n) is 9.76. The summed E-state index contributed by atoms with van der Waals surface area (Å²) in [6.07, 6.45) is 2.14. The lowest BCUT2D eigenvalue weighted by Crippen LogP contribution is -2.51. The summed E-state index contributed by atoms with van der Waals surface area (Å²) in [5.41, 5.74) is 1.73. The number of aliphatic imine (C=N–C) groups is 1. The Hall–Kier alpha value is -2.35. The Morgan fingerprint density at radius 2 is 2.14 bits per heavy atom. The van der Waals surface area contributed by atoms with Gasteiger partial charge in [-0.05, 0) is 38.8 Å². The van der Waals surface area contributed by atoms with Gasteiger partial charge >= 0.3 is 0 Å². The van der Waals surface area contributed by atoms with Crippen molar-refractivity contribution in [3.63, 3.8) is 0 Å². The first kappa shape index (κ1) is 22.9. The van der Waals surface area contributed by atoms with Gasteiger partial charge < -0.3 is 20.1 Å². The third-order valence-corrected chi connectivity index (χ3v) is 5.03. The van der Waals surface area contributed by atoms with Crippen LogP contribution in [-0.2, 0) is 13.6 Å². The quantitative estimate of drug-likeness (QED) is 0.366. The molecule has 1 unspecified atom stereocenters. The van der Waals surface area contributed by atoms with E-state index in [2.05, 4.69) is 43.7 Å². The molecule has 1 aliphatic heterocycles. The molecule has 0 spiro atoms. The van der Waals surface area contributed by atoms with Crippen molar-refractivity contribution in [1.82, 2.24) is 25.4 Å². The lowest BCUT2D eigenvalue weighted by molar-refractivity contribution is 0.467. The molecule has 0 amide bonds. The van der Waals surface area contributed by atoms with E-state index in [1.54, 1.807) is 0 Å². The van der Waals surface area contributed by atoms with E-state index in [1.165, 1.54) is 0 Å². The monoisotopic (exact) mass is 508 g/mol. The summed E-state index contributed by atoms with van der Waals surface area (Å²) in [5, 5.41) is 24.5. The molecule has 1 aromatic heterocycles. The standard InChI is InChI=1S/C20H28N8.HI/c1-4-22-20(23-13-19-26-25-15(2)27(19)3)24-17-9-7-11-28(14-17)18-10-6-5-8-16(18)12-21;/h5-6,8,10,17H,4,7,9,11,13-14H2,1-3H3,(H2,22,23,24);1H. The number of benzene rings is 1. The SMILES string of the molecule is CCNC(=NCc1nnc(C)n1C)NC1CCCN(c2ccccc2C#N)C1.I. The number of rotatable bonds is 5. The van der Waals surface area contributed by atoms with Crippen LogP contribution >= 0.6 is 24.0 Å². The Labute approximate surface area is 189 Å². The van der Waals surface area contributed by atoms with E-state index in [0.717, 1.165) is 61.3 Å². The van der Waals surface area contributed by atoms with E-state index in [-0.39, 0.29) is 30.0 Å². The van der Waals surface area contributed by atoms with Crippen LogP contribution in [0.25, 0.3) is 0 Å². The Kier molecular flexibility index (Phi) is 8.70. The molecule has 2 heterocycles. The fourth-order valence-corrected chi connectivity index (χ4v) is 3.41. The molecule has 0 radical (unpaired) electrons. The summed E-state index contributed by atoms with van der Waals surface area (Å²) < 4.78 is 1.95. The number of aromatic nitrogens is 3. The molecule has 0 bridgehead atoms. The fourth-order valence-electron chi connectivity index (χ4n) is 3.41. The zero-order valence-electron chi connectivity index (χ0n) is 17.2. The lowest BCUT2D eigenvalue weighted by Gasteiger charge is -2.35. The van der Waals surface area contributed by atoms with Gasteiger partial charge in [-0.1, -0.05) is 12.1 Å². The average molecular weight is 508 g/mol. The first-order valence-corrected chi connectivity index (χ1v) is 9.76. The lowest BCUT2D eigenvalue weighted by atomic mass is 10.0. The molecular formula is C20H29IN8. The zero-order chi connectivity index (χ0) is 19.9. The van der Waals surface area contributed by atoms with Crippen LogP contribution in [0.3, 0.4) is 0 Å². The van der Waals surface area contributed by atoms with Crippen molar-refractivity contribution in [2.24, 2.45) is 12.0 Å². The highest BCUT2D eigenvalue weighted by molar-refractivity contribution is 14.0. The maximum Gasteiger partial charge on any atom is 0.191 e. The molecule has 156 valence electrons. The normalized spacial score (nSPS) is 16.7. The van der Waals surface area contributed by atoms with E-state index in [0.29, 0.717) is 6.54 Å². The Morgan fingerprint density at radius 1 is 1.34 bits per heavy atom. The summed E-state index contributed by atoms with van der Waals surface area (Å²) in [5.74, 6) is 2.49. The topological polar surface area (TPSA) is 94.2 Å². The predicted octanol–water partition coefficient (Wildman–Crippen LogP) is 2.34. The van der Waals surface area contributed by atoms with Gasteiger partial charge in [-0.2, -0.15) is 5.26 Å². The molecule has 1 fully saturated rings. The number of piperidine rings is 1. The molecule has 1 saturated heterocycles. The van der Waals surface area contributed by atoms with Crippen molar-refractivity contribution in [1.29, 1.82) is 5.26 Å². The molecule has 1 atom stereocenters. The second-order valence-corrected chi connectivity index (χ2v) is 6.98. The third-order valence-electron chi connectivity index (χ3n) is 5.03. The number of para-hydroxylation sites is 1. The number of halogens is 1. The number of guanidine groups is 1. The van der Waals surface area contributed by atoms with E-state index < -0.39 is 0 Å². The van der Waals surface area contributed by atoms with Crippen molar-refractivity contribution in [2.75, 3.05) is 24.5 Å². The Morgan fingerprint density at radius 3 is 2.83 bits per heavy atom. The van der Waals surface area contributed by atoms with E-state index >= 15 is 0 Å². The van der Waals surface area contributed by atoms with Crippen molar-refractivity contribution in [3.8, 4) is 6.07 Å². The molecule has 9 heteroatoms. The van der Waals surface area contributed by atoms with Gasteiger partial charge in [-0.15, -0.1) is 34.2 Å². The van der Waals surface area contributed by atoms with Gasteiger partial charge in [0.25, 0.3) is 0 Å². The molecule has 2 N–H and O–H groups in total. The number of aryl methyl sites for hydroxylation is 1. The van der Waals surface area contributed by atoms with Crippen LogP contribution < -0.4 is 15.5 Å². The minimum Gasteiger partial charge on any atom is -0.368 e. The minimum atomic E-state index is 0. The number of anilines is 1. The summed E-state index contributed by atoms with van der Waals surface area (Å²) in [6.45, 7) is 7.05.